The molecule has 4 heteroatoms. The molecule has 1 rings (SSSR count). The predicted octanol–water partition coefficient (Wildman–Crippen LogP) is -2.29. The Hall–Kier alpha value is -0.160. The van der Waals surface area contributed by atoms with E-state index in [0.29, 0.717) is 0 Å². The molecule has 0 unspecified atom stereocenters. The van der Waals surface area contributed by atoms with Crippen LogP contribution in [0.5, 0.6) is 0 Å². The molecule has 0 aliphatic carbocycles. The minimum absolute atomic E-state index is 0.806. The molecule has 0 radical (unpaired) electrons. The van der Waals surface area contributed by atoms with E-state index >= 15 is 0 Å². The van der Waals surface area contributed by atoms with Crippen LogP contribution in [0.2, 0.25) is 0 Å². The Morgan fingerprint density at radius 1 is 1.14 bits per heavy atom. The van der Waals surface area contributed by atoms with Gasteiger partial charge in [0.2, 0.25) is 0 Å². The SMILES string of the molecule is NC1(N)NCCN1. The summed E-state index contributed by atoms with van der Waals surface area (Å²) in [6.45, 7) is 1.71. The first-order valence-corrected chi connectivity index (χ1v) is 2.28. The third kappa shape index (κ3) is 1.10. The van der Waals surface area contributed by atoms with Crippen molar-refractivity contribution in [2.45, 2.75) is 5.91 Å². The number of hydrogen-bond acceptors (Lipinski definition) is 4. The van der Waals surface area contributed by atoms with E-state index in [0.717, 1.165) is 13.1 Å². The summed E-state index contributed by atoms with van der Waals surface area (Å²) in [6.07, 6.45) is 0. The van der Waals surface area contributed by atoms with E-state index in [4.69, 9.17) is 11.5 Å². The van der Waals surface area contributed by atoms with Gasteiger partial charge < -0.3 is 0 Å². The Labute approximate surface area is 42.2 Å². The smallest absolute Gasteiger partial charge is 0.176 e. The number of nitrogens with two attached hydrogens (primary N) is 2. The molecule has 0 spiro atoms. The summed E-state index contributed by atoms with van der Waals surface area (Å²) in [5.41, 5.74) is 10.7. The van der Waals surface area contributed by atoms with Crippen molar-refractivity contribution in [1.82, 2.24) is 10.6 Å². The van der Waals surface area contributed by atoms with Crippen LogP contribution in [-0.2, 0) is 0 Å². The van der Waals surface area contributed by atoms with Gasteiger partial charge in [-0.05, 0) is 0 Å². The molecule has 7 heavy (non-hydrogen) atoms. The lowest BCUT2D eigenvalue weighted by Crippen LogP contribution is -2.65. The molecule has 4 nitrogen and oxygen atoms in total. The van der Waals surface area contributed by atoms with E-state index in [1.807, 2.05) is 0 Å². The molecule has 0 aromatic heterocycles. The Bertz CT molecular complexity index is 61.3. The van der Waals surface area contributed by atoms with Crippen LogP contribution in [-0.4, -0.2) is 19.0 Å². The van der Waals surface area contributed by atoms with Crippen LogP contribution in [0.1, 0.15) is 0 Å². The van der Waals surface area contributed by atoms with Gasteiger partial charge in [0.15, 0.2) is 5.91 Å². The van der Waals surface area contributed by atoms with E-state index in [9.17, 15) is 0 Å². The van der Waals surface area contributed by atoms with Gasteiger partial charge in [0.05, 0.1) is 0 Å². The fraction of sp³-hybridized carbons (Fsp3) is 1.00. The molecule has 0 saturated carbocycles. The minimum Gasteiger partial charge on any atom is -0.288 e. The largest absolute Gasteiger partial charge is 0.288 e. The zero-order chi connectivity index (χ0) is 5.33. The molecule has 0 aromatic carbocycles. The van der Waals surface area contributed by atoms with Gasteiger partial charge in [-0.25, -0.2) is 0 Å². The second-order valence-corrected chi connectivity index (χ2v) is 1.72. The summed E-state index contributed by atoms with van der Waals surface area (Å²) in [5, 5.41) is 5.68. The van der Waals surface area contributed by atoms with Crippen molar-refractivity contribution in [1.29, 1.82) is 0 Å². The van der Waals surface area contributed by atoms with Gasteiger partial charge in [0, 0.05) is 13.1 Å². The van der Waals surface area contributed by atoms with E-state index < -0.39 is 5.91 Å². The summed E-state index contributed by atoms with van der Waals surface area (Å²) in [5.74, 6) is -0.806. The highest BCUT2D eigenvalue weighted by molar-refractivity contribution is 4.77. The Morgan fingerprint density at radius 3 is 1.71 bits per heavy atom. The van der Waals surface area contributed by atoms with Gasteiger partial charge >= 0.3 is 0 Å². The van der Waals surface area contributed by atoms with Gasteiger partial charge in [0.25, 0.3) is 0 Å². The first-order chi connectivity index (χ1) is 3.21. The Kier molecular flexibility index (Phi) is 1.01. The molecule has 6 N–H and O–H groups in total. The fourth-order valence-electron chi connectivity index (χ4n) is 0.601. The normalized spacial score (nSPS) is 28.3. The zero-order valence-electron chi connectivity index (χ0n) is 4.07. The van der Waals surface area contributed by atoms with Crippen LogP contribution >= 0.6 is 0 Å². The molecule has 0 aromatic rings. The summed E-state index contributed by atoms with van der Waals surface area (Å²) in [4.78, 5) is 0. The lowest BCUT2D eigenvalue weighted by atomic mass is 10.7. The first kappa shape index (κ1) is 4.99. The first-order valence-electron chi connectivity index (χ1n) is 2.28. The predicted molar refractivity (Wildman–Crippen MR) is 27.1 cm³/mol. The quantitative estimate of drug-likeness (QED) is 0.260. The molecule has 1 aliphatic heterocycles. The van der Waals surface area contributed by atoms with Crippen molar-refractivity contribution in [2.24, 2.45) is 11.5 Å². The van der Waals surface area contributed by atoms with E-state index in [1.54, 1.807) is 0 Å². The van der Waals surface area contributed by atoms with Gasteiger partial charge in [-0.3, -0.25) is 22.1 Å². The van der Waals surface area contributed by atoms with Gasteiger partial charge in [-0.15, -0.1) is 0 Å². The van der Waals surface area contributed by atoms with Crippen molar-refractivity contribution in [3.8, 4) is 0 Å². The van der Waals surface area contributed by atoms with E-state index in [2.05, 4.69) is 10.6 Å². The number of nitrogens with one attached hydrogen (secondary N) is 2. The Balaban J connectivity index is 2.40. The summed E-state index contributed by atoms with van der Waals surface area (Å²) < 4.78 is 0. The molecule has 1 saturated heterocycles. The second-order valence-electron chi connectivity index (χ2n) is 1.72. The minimum atomic E-state index is -0.806. The molecule has 1 heterocycles. The molecule has 42 valence electrons. The van der Waals surface area contributed by atoms with Crippen LogP contribution in [0, 0.1) is 0 Å². The van der Waals surface area contributed by atoms with Crippen molar-refractivity contribution in [2.75, 3.05) is 13.1 Å². The molecule has 0 bridgehead atoms. The van der Waals surface area contributed by atoms with Crippen LogP contribution in [0.25, 0.3) is 0 Å². The lowest BCUT2D eigenvalue weighted by Gasteiger charge is -2.16. The second kappa shape index (κ2) is 1.41. The van der Waals surface area contributed by atoms with Gasteiger partial charge in [-0.1, -0.05) is 0 Å². The van der Waals surface area contributed by atoms with E-state index in [1.165, 1.54) is 0 Å². The highest BCUT2D eigenvalue weighted by atomic mass is 15.4. The fourth-order valence-corrected chi connectivity index (χ4v) is 0.601. The monoisotopic (exact) mass is 102 g/mol. The maximum atomic E-state index is 5.33. The summed E-state index contributed by atoms with van der Waals surface area (Å²) in [6, 6.07) is 0. The molecular weight excluding hydrogens is 92.1 g/mol. The number of hydrogen-bond donors (Lipinski definition) is 4. The highest BCUT2D eigenvalue weighted by Crippen LogP contribution is 1.81. The maximum absolute atomic E-state index is 5.33. The third-order valence-corrected chi connectivity index (χ3v) is 0.960. The highest BCUT2D eigenvalue weighted by Gasteiger charge is 2.21. The molecule has 1 aliphatic rings. The zero-order valence-corrected chi connectivity index (χ0v) is 4.07. The number of rotatable bonds is 0. The lowest BCUT2D eigenvalue weighted by molar-refractivity contribution is 0.362. The van der Waals surface area contributed by atoms with Crippen LogP contribution in [0.3, 0.4) is 0 Å². The van der Waals surface area contributed by atoms with Crippen LogP contribution in [0.15, 0.2) is 0 Å². The van der Waals surface area contributed by atoms with Crippen LogP contribution in [0.4, 0.5) is 0 Å². The Morgan fingerprint density at radius 2 is 1.57 bits per heavy atom. The molecule has 0 amide bonds. The molecule has 1 fully saturated rings. The van der Waals surface area contributed by atoms with Crippen molar-refractivity contribution in [3.05, 3.63) is 0 Å². The average molecular weight is 102 g/mol. The standard InChI is InChI=1S/C3H10N4/c4-3(5)6-1-2-7-3/h6-7H,1-2,4-5H2. The van der Waals surface area contributed by atoms with E-state index in [-0.39, 0.29) is 0 Å². The van der Waals surface area contributed by atoms with Gasteiger partial charge in [0.1, 0.15) is 0 Å². The van der Waals surface area contributed by atoms with Crippen molar-refractivity contribution >= 4 is 0 Å². The molecular formula is C3H10N4. The van der Waals surface area contributed by atoms with Crippen molar-refractivity contribution in [3.63, 3.8) is 0 Å². The van der Waals surface area contributed by atoms with Crippen LogP contribution < -0.4 is 22.1 Å². The maximum Gasteiger partial charge on any atom is 0.176 e. The van der Waals surface area contributed by atoms with Gasteiger partial charge in [-0.2, -0.15) is 0 Å². The topological polar surface area (TPSA) is 76.1 Å². The summed E-state index contributed by atoms with van der Waals surface area (Å²) >= 11 is 0. The molecule has 0 atom stereocenters. The summed E-state index contributed by atoms with van der Waals surface area (Å²) in [7, 11) is 0. The average Bonchev–Trinajstić information content (AvgIpc) is 1.84. The third-order valence-electron chi connectivity index (χ3n) is 0.960. The van der Waals surface area contributed by atoms with Crippen molar-refractivity contribution < 1.29 is 0 Å².